The van der Waals surface area contributed by atoms with Crippen LogP contribution in [0.15, 0.2) is 5.51 Å². The maximum absolute atomic E-state index is 11.8. The first-order valence-electron chi connectivity index (χ1n) is 7.10. The molecule has 0 fully saturated rings. The Morgan fingerprint density at radius 3 is 2.79 bits per heavy atom. The van der Waals surface area contributed by atoms with Gasteiger partial charge in [0.05, 0.1) is 12.1 Å². The molecule has 0 bridgehead atoms. The quantitative estimate of drug-likeness (QED) is 0.694. The van der Waals surface area contributed by atoms with E-state index in [2.05, 4.69) is 24.1 Å². The van der Waals surface area contributed by atoms with Crippen molar-refractivity contribution in [2.24, 2.45) is 0 Å². The van der Waals surface area contributed by atoms with Crippen LogP contribution in [0.1, 0.15) is 63.4 Å². The van der Waals surface area contributed by atoms with E-state index in [1.807, 2.05) is 0 Å². The number of rotatable bonds is 9. The van der Waals surface area contributed by atoms with Gasteiger partial charge in [-0.15, -0.1) is 11.3 Å². The highest BCUT2D eigenvalue weighted by atomic mass is 32.1. The number of aromatic nitrogens is 1. The lowest BCUT2D eigenvalue weighted by Crippen LogP contribution is -2.20. The first kappa shape index (κ1) is 16.0. The minimum absolute atomic E-state index is 0.336. The summed E-state index contributed by atoms with van der Waals surface area (Å²) in [6.07, 6.45) is 5.76. The standard InChI is InChI=1S/C14H24N2O2S/c1-4-7-9-11(8-5-2)16-13-12(15-10-19-13)14(17)18-6-3/h10-11,16H,4-9H2,1-3H3. The van der Waals surface area contributed by atoms with Crippen LogP contribution in [0.2, 0.25) is 0 Å². The van der Waals surface area contributed by atoms with E-state index in [0.717, 1.165) is 24.3 Å². The monoisotopic (exact) mass is 284 g/mol. The van der Waals surface area contributed by atoms with E-state index in [1.165, 1.54) is 24.2 Å². The molecule has 1 unspecified atom stereocenters. The second-order valence-electron chi connectivity index (χ2n) is 4.52. The van der Waals surface area contributed by atoms with Crippen molar-refractivity contribution < 1.29 is 9.53 Å². The van der Waals surface area contributed by atoms with E-state index in [0.29, 0.717) is 18.3 Å². The van der Waals surface area contributed by atoms with Gasteiger partial charge in [-0.05, 0) is 19.8 Å². The van der Waals surface area contributed by atoms with Crippen LogP contribution in [0.25, 0.3) is 0 Å². The summed E-state index contributed by atoms with van der Waals surface area (Å²) in [6, 6.07) is 0.415. The zero-order valence-electron chi connectivity index (χ0n) is 12.1. The molecule has 0 aliphatic rings. The number of nitrogens with zero attached hydrogens (tertiary/aromatic N) is 1. The van der Waals surface area contributed by atoms with E-state index in [1.54, 1.807) is 12.4 Å². The number of nitrogens with one attached hydrogen (secondary N) is 1. The summed E-state index contributed by atoms with van der Waals surface area (Å²) in [4.78, 5) is 15.9. The number of unbranched alkanes of at least 4 members (excludes halogenated alkanes) is 1. The van der Waals surface area contributed by atoms with Gasteiger partial charge in [-0.2, -0.15) is 0 Å². The average Bonchev–Trinajstić information content (AvgIpc) is 2.84. The molecule has 0 aromatic carbocycles. The number of carbonyl (C=O) groups excluding carboxylic acids is 1. The topological polar surface area (TPSA) is 51.2 Å². The molecule has 0 aliphatic carbocycles. The molecule has 4 nitrogen and oxygen atoms in total. The van der Waals surface area contributed by atoms with E-state index in [4.69, 9.17) is 4.74 Å². The second-order valence-corrected chi connectivity index (χ2v) is 5.38. The first-order valence-corrected chi connectivity index (χ1v) is 7.97. The zero-order chi connectivity index (χ0) is 14.1. The van der Waals surface area contributed by atoms with Crippen molar-refractivity contribution in [2.75, 3.05) is 11.9 Å². The lowest BCUT2D eigenvalue weighted by Gasteiger charge is -2.18. The fourth-order valence-corrected chi connectivity index (χ4v) is 2.71. The Bertz CT molecular complexity index is 379. The number of ether oxygens (including phenoxy) is 1. The molecule has 0 saturated heterocycles. The van der Waals surface area contributed by atoms with Crippen LogP contribution in [0, 0.1) is 0 Å². The number of hydrogen-bond acceptors (Lipinski definition) is 5. The fraction of sp³-hybridized carbons (Fsp3) is 0.714. The molecule has 0 aliphatic heterocycles. The Hall–Kier alpha value is -1.10. The first-order chi connectivity index (χ1) is 9.22. The average molecular weight is 284 g/mol. The molecule has 0 spiro atoms. The van der Waals surface area contributed by atoms with Crippen molar-refractivity contribution in [3.63, 3.8) is 0 Å². The summed E-state index contributed by atoms with van der Waals surface area (Å²) in [5, 5.41) is 4.30. The van der Waals surface area contributed by atoms with Crippen LogP contribution in [0.3, 0.4) is 0 Å². The highest BCUT2D eigenvalue weighted by Gasteiger charge is 2.18. The molecule has 108 valence electrons. The van der Waals surface area contributed by atoms with E-state index in [-0.39, 0.29) is 5.97 Å². The SMILES string of the molecule is CCCCC(CCC)Nc1scnc1C(=O)OCC. The molecule has 5 heteroatoms. The Morgan fingerprint density at radius 1 is 1.37 bits per heavy atom. The lowest BCUT2D eigenvalue weighted by molar-refractivity contribution is 0.0521. The lowest BCUT2D eigenvalue weighted by atomic mass is 10.1. The van der Waals surface area contributed by atoms with Crippen molar-refractivity contribution in [2.45, 2.75) is 58.9 Å². The van der Waals surface area contributed by atoms with Crippen LogP contribution in [0.4, 0.5) is 5.00 Å². The number of thiazole rings is 1. The van der Waals surface area contributed by atoms with Gasteiger partial charge in [0.1, 0.15) is 5.00 Å². The normalized spacial score (nSPS) is 12.2. The molecule has 19 heavy (non-hydrogen) atoms. The van der Waals surface area contributed by atoms with Crippen molar-refractivity contribution in [3.05, 3.63) is 11.2 Å². The smallest absolute Gasteiger partial charge is 0.360 e. The van der Waals surface area contributed by atoms with E-state index < -0.39 is 0 Å². The molecule has 1 N–H and O–H groups in total. The predicted octanol–water partition coefficient (Wildman–Crippen LogP) is 4.09. The molecule has 1 rings (SSSR count). The Labute approximate surface area is 119 Å². The molecule has 1 atom stereocenters. The number of anilines is 1. The maximum Gasteiger partial charge on any atom is 0.360 e. The third-order valence-corrected chi connectivity index (χ3v) is 3.67. The van der Waals surface area contributed by atoms with Crippen LogP contribution in [-0.4, -0.2) is 23.6 Å². The summed E-state index contributed by atoms with van der Waals surface area (Å²) < 4.78 is 5.01. The molecule has 1 heterocycles. The molecule has 1 aromatic heterocycles. The van der Waals surface area contributed by atoms with Gasteiger partial charge in [0.2, 0.25) is 0 Å². The third kappa shape index (κ3) is 5.19. The molecule has 0 saturated carbocycles. The van der Waals surface area contributed by atoms with Gasteiger partial charge in [-0.3, -0.25) is 0 Å². The van der Waals surface area contributed by atoms with Gasteiger partial charge in [0, 0.05) is 6.04 Å². The largest absolute Gasteiger partial charge is 0.461 e. The van der Waals surface area contributed by atoms with Crippen molar-refractivity contribution in [1.29, 1.82) is 0 Å². The van der Waals surface area contributed by atoms with Gasteiger partial charge in [0.15, 0.2) is 5.69 Å². The Kier molecular flexibility index (Phi) is 7.48. The predicted molar refractivity (Wildman–Crippen MR) is 79.9 cm³/mol. The summed E-state index contributed by atoms with van der Waals surface area (Å²) in [7, 11) is 0. The van der Waals surface area contributed by atoms with Crippen LogP contribution in [0.5, 0.6) is 0 Å². The van der Waals surface area contributed by atoms with Crippen LogP contribution < -0.4 is 5.32 Å². The Balaban J connectivity index is 2.67. The van der Waals surface area contributed by atoms with Gasteiger partial charge in [0.25, 0.3) is 0 Å². The minimum Gasteiger partial charge on any atom is -0.461 e. The van der Waals surface area contributed by atoms with Gasteiger partial charge in [-0.25, -0.2) is 9.78 Å². The van der Waals surface area contributed by atoms with Crippen LogP contribution >= 0.6 is 11.3 Å². The van der Waals surface area contributed by atoms with E-state index >= 15 is 0 Å². The Morgan fingerprint density at radius 2 is 2.16 bits per heavy atom. The van der Waals surface area contributed by atoms with Crippen molar-refractivity contribution in [1.82, 2.24) is 4.98 Å². The van der Waals surface area contributed by atoms with Gasteiger partial charge < -0.3 is 10.1 Å². The third-order valence-electron chi connectivity index (χ3n) is 2.91. The summed E-state index contributed by atoms with van der Waals surface area (Å²) >= 11 is 1.47. The summed E-state index contributed by atoms with van der Waals surface area (Å²) in [5.41, 5.74) is 2.11. The number of hydrogen-bond donors (Lipinski definition) is 1. The minimum atomic E-state index is -0.336. The fourth-order valence-electron chi connectivity index (χ4n) is 1.97. The molecular weight excluding hydrogens is 260 g/mol. The highest BCUT2D eigenvalue weighted by Crippen LogP contribution is 2.24. The van der Waals surface area contributed by atoms with Crippen LogP contribution in [-0.2, 0) is 4.74 Å². The molecule has 1 aromatic rings. The zero-order valence-corrected chi connectivity index (χ0v) is 12.9. The summed E-state index contributed by atoms with van der Waals surface area (Å²) in [5.74, 6) is -0.336. The van der Waals surface area contributed by atoms with Gasteiger partial charge >= 0.3 is 5.97 Å². The molecule has 0 amide bonds. The molecule has 0 radical (unpaired) electrons. The van der Waals surface area contributed by atoms with Crippen molar-refractivity contribution in [3.8, 4) is 0 Å². The molecular formula is C14H24N2O2S. The van der Waals surface area contributed by atoms with Gasteiger partial charge in [-0.1, -0.05) is 33.1 Å². The second kappa shape index (κ2) is 8.91. The highest BCUT2D eigenvalue weighted by molar-refractivity contribution is 7.14. The number of esters is 1. The summed E-state index contributed by atoms with van der Waals surface area (Å²) in [6.45, 7) is 6.56. The van der Waals surface area contributed by atoms with E-state index in [9.17, 15) is 4.79 Å². The maximum atomic E-state index is 11.8. The number of carbonyl (C=O) groups is 1. The van der Waals surface area contributed by atoms with Crippen molar-refractivity contribution >= 4 is 22.3 Å².